The van der Waals surface area contributed by atoms with Crippen molar-refractivity contribution in [3.8, 4) is 0 Å². The summed E-state index contributed by atoms with van der Waals surface area (Å²) in [5, 5.41) is 12.1. The van der Waals surface area contributed by atoms with Gasteiger partial charge in [-0.15, -0.1) is 11.3 Å². The van der Waals surface area contributed by atoms with E-state index in [0.717, 1.165) is 41.9 Å². The molecule has 1 aliphatic carbocycles. The molecule has 0 spiro atoms. The van der Waals surface area contributed by atoms with Crippen LogP contribution in [0.25, 0.3) is 0 Å². The lowest BCUT2D eigenvalue weighted by molar-refractivity contribution is 0.153. The lowest BCUT2D eigenvalue weighted by Crippen LogP contribution is -2.07. The van der Waals surface area contributed by atoms with E-state index in [2.05, 4.69) is 4.98 Å². The average molecular weight is 314 g/mol. The van der Waals surface area contributed by atoms with Crippen molar-refractivity contribution in [2.45, 2.75) is 31.8 Å². The molecule has 1 N–H and O–H groups in total. The van der Waals surface area contributed by atoms with Crippen LogP contribution in [-0.2, 0) is 12.8 Å². The maximum absolute atomic E-state index is 9.93. The Labute approximate surface area is 126 Å². The van der Waals surface area contributed by atoms with Crippen molar-refractivity contribution in [2.24, 2.45) is 0 Å². The second-order valence-corrected chi connectivity index (χ2v) is 6.73. The highest BCUT2D eigenvalue weighted by Gasteiger charge is 2.22. The Morgan fingerprint density at radius 3 is 2.89 bits per heavy atom. The molecule has 0 saturated heterocycles. The van der Waals surface area contributed by atoms with E-state index in [0.29, 0.717) is 10.0 Å². The van der Waals surface area contributed by atoms with Crippen molar-refractivity contribution < 1.29 is 5.11 Å². The zero-order chi connectivity index (χ0) is 13.4. The van der Waals surface area contributed by atoms with Crippen LogP contribution in [0.15, 0.2) is 18.2 Å². The van der Waals surface area contributed by atoms with Gasteiger partial charge in [0, 0.05) is 11.3 Å². The average Bonchev–Trinajstić information content (AvgIpc) is 2.78. The molecule has 1 heterocycles. The van der Waals surface area contributed by atoms with Crippen molar-refractivity contribution in [1.82, 2.24) is 4.98 Å². The first-order valence-corrected chi connectivity index (χ1v) is 7.81. The predicted molar refractivity (Wildman–Crippen MR) is 79.3 cm³/mol. The van der Waals surface area contributed by atoms with Gasteiger partial charge in [-0.2, -0.15) is 0 Å². The number of nitrogens with zero attached hydrogens (tertiary/aromatic N) is 1. The molecule has 1 aliphatic rings. The number of benzene rings is 1. The standard InChI is InChI=1S/C14H13Cl2NOS/c15-9-5-4-8(6-10(9)16)7-13-17-14-11(18)2-1-3-12(14)19-13/h4-6,11,18H,1-3,7H2. The van der Waals surface area contributed by atoms with Crippen molar-refractivity contribution in [3.05, 3.63) is 49.4 Å². The molecular weight excluding hydrogens is 301 g/mol. The zero-order valence-electron chi connectivity index (χ0n) is 10.2. The number of aliphatic hydroxyl groups is 1. The van der Waals surface area contributed by atoms with Crippen LogP contribution >= 0.6 is 34.5 Å². The van der Waals surface area contributed by atoms with Crippen LogP contribution in [0.4, 0.5) is 0 Å². The van der Waals surface area contributed by atoms with E-state index < -0.39 is 0 Å². The number of fused-ring (bicyclic) bond motifs is 1. The largest absolute Gasteiger partial charge is 0.387 e. The molecule has 0 bridgehead atoms. The first-order chi connectivity index (χ1) is 9.13. The normalized spacial score (nSPS) is 18.4. The molecule has 1 aromatic carbocycles. The van der Waals surface area contributed by atoms with Gasteiger partial charge in [-0.1, -0.05) is 29.3 Å². The molecule has 1 aromatic heterocycles. The molecule has 1 atom stereocenters. The van der Waals surface area contributed by atoms with Crippen LogP contribution in [0.1, 0.15) is 40.1 Å². The van der Waals surface area contributed by atoms with Gasteiger partial charge in [0.2, 0.25) is 0 Å². The van der Waals surface area contributed by atoms with Crippen LogP contribution < -0.4 is 0 Å². The molecule has 1 unspecified atom stereocenters. The molecule has 0 fully saturated rings. The van der Waals surface area contributed by atoms with Gasteiger partial charge in [-0.25, -0.2) is 4.98 Å². The highest BCUT2D eigenvalue weighted by atomic mass is 35.5. The Kier molecular flexibility index (Phi) is 3.81. The summed E-state index contributed by atoms with van der Waals surface area (Å²) in [4.78, 5) is 5.80. The first kappa shape index (κ1) is 13.4. The molecule has 0 saturated carbocycles. The summed E-state index contributed by atoms with van der Waals surface area (Å²) in [6.45, 7) is 0. The number of aryl methyl sites for hydroxylation is 1. The van der Waals surface area contributed by atoms with E-state index in [1.165, 1.54) is 4.88 Å². The highest BCUT2D eigenvalue weighted by Crippen LogP contribution is 2.34. The molecule has 100 valence electrons. The molecule has 2 nitrogen and oxygen atoms in total. The van der Waals surface area contributed by atoms with Gasteiger partial charge >= 0.3 is 0 Å². The quantitative estimate of drug-likeness (QED) is 0.890. The number of rotatable bonds is 2. The number of aromatic nitrogens is 1. The maximum atomic E-state index is 9.93. The highest BCUT2D eigenvalue weighted by molar-refractivity contribution is 7.11. The van der Waals surface area contributed by atoms with Gasteiger partial charge in [0.15, 0.2) is 0 Å². The second kappa shape index (κ2) is 5.41. The number of aliphatic hydroxyl groups excluding tert-OH is 1. The Balaban J connectivity index is 1.85. The second-order valence-electron chi connectivity index (χ2n) is 4.75. The van der Waals surface area contributed by atoms with Gasteiger partial charge in [0.25, 0.3) is 0 Å². The fraction of sp³-hybridized carbons (Fsp3) is 0.357. The van der Waals surface area contributed by atoms with Crippen LogP contribution in [-0.4, -0.2) is 10.1 Å². The van der Waals surface area contributed by atoms with Gasteiger partial charge in [0.05, 0.1) is 26.9 Å². The van der Waals surface area contributed by atoms with Crippen LogP contribution in [0.5, 0.6) is 0 Å². The van der Waals surface area contributed by atoms with E-state index >= 15 is 0 Å². The molecule has 3 rings (SSSR count). The molecule has 0 aliphatic heterocycles. The minimum atomic E-state index is -0.387. The maximum Gasteiger partial charge on any atom is 0.0976 e. The number of hydrogen-bond acceptors (Lipinski definition) is 3. The van der Waals surface area contributed by atoms with Crippen molar-refractivity contribution in [2.75, 3.05) is 0 Å². The van der Waals surface area contributed by atoms with Gasteiger partial charge in [0.1, 0.15) is 0 Å². The third-order valence-electron chi connectivity index (χ3n) is 3.31. The molecule has 19 heavy (non-hydrogen) atoms. The summed E-state index contributed by atoms with van der Waals surface area (Å²) >= 11 is 13.6. The van der Waals surface area contributed by atoms with E-state index in [1.807, 2.05) is 18.2 Å². The Hall–Kier alpha value is -0.610. The van der Waals surface area contributed by atoms with Crippen LogP contribution in [0.2, 0.25) is 10.0 Å². The molecule has 5 heteroatoms. The summed E-state index contributed by atoms with van der Waals surface area (Å²) in [5.74, 6) is 0. The summed E-state index contributed by atoms with van der Waals surface area (Å²) < 4.78 is 0. The van der Waals surface area contributed by atoms with E-state index in [4.69, 9.17) is 23.2 Å². The van der Waals surface area contributed by atoms with E-state index in [9.17, 15) is 5.11 Å². The topological polar surface area (TPSA) is 33.1 Å². The smallest absolute Gasteiger partial charge is 0.0976 e. The summed E-state index contributed by atoms with van der Waals surface area (Å²) in [5.41, 5.74) is 1.97. The Morgan fingerprint density at radius 2 is 2.16 bits per heavy atom. The summed E-state index contributed by atoms with van der Waals surface area (Å²) in [6, 6.07) is 5.65. The predicted octanol–water partition coefficient (Wildman–Crippen LogP) is 4.41. The van der Waals surface area contributed by atoms with Crippen molar-refractivity contribution in [3.63, 3.8) is 0 Å². The van der Waals surface area contributed by atoms with Gasteiger partial charge < -0.3 is 5.11 Å². The van der Waals surface area contributed by atoms with Gasteiger partial charge in [-0.3, -0.25) is 0 Å². The lowest BCUT2D eigenvalue weighted by Gasteiger charge is -2.14. The fourth-order valence-electron chi connectivity index (χ4n) is 2.35. The molecule has 0 amide bonds. The monoisotopic (exact) mass is 313 g/mol. The third-order valence-corrected chi connectivity index (χ3v) is 5.18. The minimum Gasteiger partial charge on any atom is -0.387 e. The van der Waals surface area contributed by atoms with E-state index in [-0.39, 0.29) is 6.10 Å². The Morgan fingerprint density at radius 1 is 1.32 bits per heavy atom. The van der Waals surface area contributed by atoms with Crippen LogP contribution in [0, 0.1) is 0 Å². The lowest BCUT2D eigenvalue weighted by atomic mass is 10.0. The van der Waals surface area contributed by atoms with E-state index in [1.54, 1.807) is 11.3 Å². The zero-order valence-corrected chi connectivity index (χ0v) is 12.5. The molecule has 0 radical (unpaired) electrons. The minimum absolute atomic E-state index is 0.387. The number of thiazole rings is 1. The van der Waals surface area contributed by atoms with Crippen molar-refractivity contribution >= 4 is 34.5 Å². The molecule has 2 aromatic rings. The number of halogens is 2. The van der Waals surface area contributed by atoms with Crippen LogP contribution in [0.3, 0.4) is 0 Å². The SMILES string of the molecule is OC1CCCc2sc(Cc3ccc(Cl)c(Cl)c3)nc21. The fourth-order valence-corrected chi connectivity index (χ4v) is 3.87. The van der Waals surface area contributed by atoms with Crippen molar-refractivity contribution in [1.29, 1.82) is 0 Å². The number of hydrogen-bond donors (Lipinski definition) is 1. The Bertz CT molecular complexity index is 611. The first-order valence-electron chi connectivity index (χ1n) is 6.24. The third kappa shape index (κ3) is 2.79. The summed E-state index contributed by atoms with van der Waals surface area (Å²) in [7, 11) is 0. The summed E-state index contributed by atoms with van der Waals surface area (Å²) in [6.07, 6.45) is 3.25. The molecular formula is C14H13Cl2NOS. The van der Waals surface area contributed by atoms with Gasteiger partial charge in [-0.05, 0) is 37.0 Å².